The molecule has 0 unspecified atom stereocenters. The monoisotopic (exact) mass is 288 g/mol. The molecular formula is C8H2Br2S. The Hall–Kier alpha value is -0.220. The summed E-state index contributed by atoms with van der Waals surface area (Å²) in [6, 6.07) is 3.90. The molecule has 0 saturated carbocycles. The minimum atomic E-state index is 1.02. The van der Waals surface area contributed by atoms with E-state index in [9.17, 15) is 0 Å². The largest absolute Gasteiger partial charge is 0.118 e. The summed E-state index contributed by atoms with van der Waals surface area (Å²) >= 11 is 7.64. The normalized spacial score (nSPS) is 7.45. The molecule has 54 valence electrons. The maximum absolute atomic E-state index is 3.03. The van der Waals surface area contributed by atoms with E-state index in [1.807, 2.05) is 12.1 Å². The van der Waals surface area contributed by atoms with Gasteiger partial charge in [-0.3, -0.25) is 0 Å². The van der Waals surface area contributed by atoms with Crippen molar-refractivity contribution in [2.24, 2.45) is 0 Å². The van der Waals surface area contributed by atoms with Crippen molar-refractivity contribution >= 4 is 43.2 Å². The van der Waals surface area contributed by atoms with Gasteiger partial charge in [-0.05, 0) is 33.6 Å². The Labute approximate surface area is 86.3 Å². The Bertz CT molecular complexity index is 322. The second-order valence-corrected chi connectivity index (χ2v) is 3.48. The first-order chi connectivity index (χ1) is 5.36. The summed E-state index contributed by atoms with van der Waals surface area (Å²) < 4.78 is 0. The summed E-state index contributed by atoms with van der Waals surface area (Å²) in [7, 11) is 0. The van der Waals surface area contributed by atoms with Crippen LogP contribution >= 0.6 is 43.2 Å². The quantitative estimate of drug-likeness (QED) is 0.644. The first-order valence-corrected chi connectivity index (χ1v) is 5.10. The summed E-state index contributed by atoms with van der Waals surface area (Å²) in [6.45, 7) is 0. The topological polar surface area (TPSA) is 0 Å². The van der Waals surface area contributed by atoms with Crippen LogP contribution in [0.15, 0.2) is 12.1 Å². The van der Waals surface area contributed by atoms with Crippen molar-refractivity contribution < 1.29 is 0 Å². The number of thiophene rings is 1. The van der Waals surface area contributed by atoms with Crippen molar-refractivity contribution in [2.75, 3.05) is 0 Å². The van der Waals surface area contributed by atoms with Gasteiger partial charge in [0.25, 0.3) is 0 Å². The predicted molar refractivity (Wildman–Crippen MR) is 55.9 cm³/mol. The van der Waals surface area contributed by atoms with Crippen molar-refractivity contribution in [3.63, 3.8) is 0 Å². The lowest BCUT2D eigenvalue weighted by Gasteiger charge is -1.73. The van der Waals surface area contributed by atoms with Crippen LogP contribution in [0.5, 0.6) is 0 Å². The molecule has 0 aromatic carbocycles. The van der Waals surface area contributed by atoms with E-state index in [2.05, 4.69) is 53.4 Å². The lowest BCUT2D eigenvalue weighted by molar-refractivity contribution is 1.90. The summed E-state index contributed by atoms with van der Waals surface area (Å²) in [5.41, 5.74) is 0. The van der Waals surface area contributed by atoms with E-state index in [4.69, 9.17) is 0 Å². The first kappa shape index (κ1) is 8.87. The lowest BCUT2D eigenvalue weighted by atomic mass is 10.4. The smallest absolute Gasteiger partial charge is 0.0790 e. The first-order valence-electron chi connectivity index (χ1n) is 2.70. The molecule has 0 fully saturated rings. The van der Waals surface area contributed by atoms with Gasteiger partial charge in [0.05, 0.1) is 9.75 Å². The molecular weight excluding hydrogens is 288 g/mol. The van der Waals surface area contributed by atoms with E-state index in [1.54, 1.807) is 11.3 Å². The fraction of sp³-hybridized carbons (Fsp3) is 0. The molecule has 0 N–H and O–H groups in total. The Kier molecular flexibility index (Phi) is 3.72. The average molecular weight is 290 g/mol. The molecule has 0 saturated heterocycles. The molecule has 11 heavy (non-hydrogen) atoms. The van der Waals surface area contributed by atoms with Crippen LogP contribution in [0.25, 0.3) is 0 Å². The van der Waals surface area contributed by atoms with Gasteiger partial charge in [-0.1, -0.05) is 0 Å². The van der Waals surface area contributed by atoms with Crippen molar-refractivity contribution in [1.29, 1.82) is 0 Å². The zero-order valence-electron chi connectivity index (χ0n) is 5.32. The van der Waals surface area contributed by atoms with Gasteiger partial charge >= 0.3 is 0 Å². The van der Waals surface area contributed by atoms with E-state index in [1.165, 1.54) is 0 Å². The number of halogens is 2. The molecule has 0 aliphatic rings. The molecule has 3 heteroatoms. The van der Waals surface area contributed by atoms with Crippen molar-refractivity contribution in [3.8, 4) is 21.5 Å². The Morgan fingerprint density at radius 2 is 1.45 bits per heavy atom. The fourth-order valence-electron chi connectivity index (χ4n) is 0.565. The minimum absolute atomic E-state index is 1.02. The Morgan fingerprint density at radius 3 is 1.82 bits per heavy atom. The third-order valence-corrected chi connectivity index (χ3v) is 2.26. The summed E-state index contributed by atoms with van der Waals surface area (Å²) in [6.07, 6.45) is 0. The third kappa shape index (κ3) is 2.71. The van der Waals surface area contributed by atoms with Gasteiger partial charge in [-0.25, -0.2) is 0 Å². The highest BCUT2D eigenvalue weighted by molar-refractivity contribution is 9.12. The Morgan fingerprint density at radius 1 is 1.00 bits per heavy atom. The van der Waals surface area contributed by atoms with Crippen LogP contribution in [-0.4, -0.2) is 0 Å². The van der Waals surface area contributed by atoms with E-state index in [0.29, 0.717) is 0 Å². The van der Waals surface area contributed by atoms with Crippen LogP contribution in [0.3, 0.4) is 0 Å². The summed E-state index contributed by atoms with van der Waals surface area (Å²) in [5, 5.41) is 0. The minimum Gasteiger partial charge on any atom is -0.118 e. The molecule has 0 nitrogen and oxygen atoms in total. The van der Waals surface area contributed by atoms with Gasteiger partial charge in [-0.2, -0.15) is 0 Å². The zero-order valence-corrected chi connectivity index (χ0v) is 9.31. The van der Waals surface area contributed by atoms with Gasteiger partial charge in [0, 0.05) is 31.9 Å². The highest BCUT2D eigenvalue weighted by atomic mass is 79.9. The molecule has 0 spiro atoms. The van der Waals surface area contributed by atoms with E-state index < -0.39 is 0 Å². The molecule has 1 rings (SSSR count). The maximum atomic E-state index is 3.03. The second kappa shape index (κ2) is 4.62. The molecule has 0 aliphatic heterocycles. The molecule has 1 aromatic heterocycles. The zero-order chi connectivity index (χ0) is 8.10. The van der Waals surface area contributed by atoms with Gasteiger partial charge in [0.1, 0.15) is 0 Å². The highest BCUT2D eigenvalue weighted by Gasteiger charge is 1.92. The standard InChI is InChI=1S/C8H2Br2S/c9-5-3-7-1-2-8(11-7)4-6-10/h1-2H. The van der Waals surface area contributed by atoms with Crippen LogP contribution in [0.1, 0.15) is 9.75 Å². The van der Waals surface area contributed by atoms with Crippen LogP contribution < -0.4 is 0 Å². The highest BCUT2D eigenvalue weighted by Crippen LogP contribution is 2.13. The van der Waals surface area contributed by atoms with Crippen molar-refractivity contribution in [2.45, 2.75) is 0 Å². The average Bonchev–Trinajstić information content (AvgIpc) is 2.38. The van der Waals surface area contributed by atoms with Gasteiger partial charge < -0.3 is 0 Å². The summed E-state index contributed by atoms with van der Waals surface area (Å²) in [5.74, 6) is 5.78. The number of hydrogen-bond donors (Lipinski definition) is 0. The van der Waals surface area contributed by atoms with Crippen LogP contribution in [0, 0.1) is 21.5 Å². The van der Waals surface area contributed by atoms with E-state index >= 15 is 0 Å². The molecule has 0 bridgehead atoms. The molecule has 1 aromatic rings. The fourth-order valence-corrected chi connectivity index (χ4v) is 1.97. The van der Waals surface area contributed by atoms with Gasteiger partial charge in [0.2, 0.25) is 0 Å². The van der Waals surface area contributed by atoms with Crippen LogP contribution in [0.2, 0.25) is 0 Å². The lowest BCUT2D eigenvalue weighted by Crippen LogP contribution is -1.54. The third-order valence-electron chi connectivity index (χ3n) is 0.947. The SMILES string of the molecule is BrC#Cc1ccc(C#CBr)s1. The second-order valence-electron chi connectivity index (χ2n) is 1.60. The number of hydrogen-bond acceptors (Lipinski definition) is 1. The molecule has 0 aliphatic carbocycles. The van der Waals surface area contributed by atoms with Crippen LogP contribution in [-0.2, 0) is 0 Å². The van der Waals surface area contributed by atoms with Crippen molar-refractivity contribution in [3.05, 3.63) is 21.9 Å². The maximum Gasteiger partial charge on any atom is 0.0790 e. The molecule has 0 radical (unpaired) electrons. The molecule has 0 atom stereocenters. The van der Waals surface area contributed by atoms with Crippen LogP contribution in [0.4, 0.5) is 0 Å². The van der Waals surface area contributed by atoms with E-state index in [0.717, 1.165) is 9.75 Å². The van der Waals surface area contributed by atoms with Gasteiger partial charge in [0.15, 0.2) is 0 Å². The number of rotatable bonds is 0. The predicted octanol–water partition coefficient (Wildman–Crippen LogP) is 3.16. The van der Waals surface area contributed by atoms with Crippen molar-refractivity contribution in [1.82, 2.24) is 0 Å². The van der Waals surface area contributed by atoms with E-state index in [-0.39, 0.29) is 0 Å². The van der Waals surface area contributed by atoms with Gasteiger partial charge in [-0.15, -0.1) is 11.3 Å². The molecule has 1 heterocycles. The summed E-state index contributed by atoms with van der Waals surface area (Å²) in [4.78, 5) is 7.35. The molecule has 0 amide bonds. The Balaban J connectivity index is 2.93.